The minimum atomic E-state index is 0.531. The Morgan fingerprint density at radius 1 is 0.412 bits per heavy atom. The van der Waals surface area contributed by atoms with Gasteiger partial charge in [-0.2, -0.15) is 0 Å². The molecule has 0 atom stereocenters. The Kier molecular flexibility index (Phi) is 5.89. The van der Waals surface area contributed by atoms with Crippen LogP contribution < -0.4 is 0 Å². The van der Waals surface area contributed by atoms with Crippen molar-refractivity contribution in [3.63, 3.8) is 0 Å². The number of nitrogens with zero attached hydrogens (tertiary/aromatic N) is 4. The molecule has 0 spiro atoms. The zero-order valence-corrected chi connectivity index (χ0v) is 27.4. The summed E-state index contributed by atoms with van der Waals surface area (Å²) in [6, 6.07) is 58.0. The van der Waals surface area contributed by atoms with E-state index in [1.54, 1.807) is 0 Å². The molecule has 0 aliphatic heterocycles. The quantitative estimate of drug-likeness (QED) is 0.190. The van der Waals surface area contributed by atoms with E-state index in [1.807, 2.05) is 12.3 Å². The molecule has 5 nitrogen and oxygen atoms in total. The van der Waals surface area contributed by atoms with Crippen LogP contribution in [0.3, 0.4) is 0 Å². The van der Waals surface area contributed by atoms with Crippen LogP contribution in [0.15, 0.2) is 174 Å². The van der Waals surface area contributed by atoms with E-state index in [4.69, 9.17) is 14.4 Å². The highest BCUT2D eigenvalue weighted by atomic mass is 16.3. The van der Waals surface area contributed by atoms with Crippen LogP contribution in [0.4, 0.5) is 0 Å². The Morgan fingerprint density at radius 3 is 1.47 bits per heavy atom. The fraction of sp³-hybridized carbons (Fsp3) is 0. The summed E-state index contributed by atoms with van der Waals surface area (Å²) in [5.41, 5.74) is 13.0. The van der Waals surface area contributed by atoms with Crippen LogP contribution >= 0.6 is 0 Å². The summed E-state index contributed by atoms with van der Waals surface area (Å²) < 4.78 is 10.9. The average Bonchev–Trinajstić information content (AvgIpc) is 3.85. The van der Waals surface area contributed by atoms with Crippen molar-refractivity contribution in [2.45, 2.75) is 0 Å². The van der Waals surface area contributed by atoms with Crippen molar-refractivity contribution in [3.8, 4) is 33.8 Å². The van der Waals surface area contributed by atoms with Gasteiger partial charge in [-0.05, 0) is 71.8 Å². The molecule has 0 radical (unpaired) electrons. The molecule has 0 fully saturated rings. The SMILES string of the molecule is c1cc(-c2ccc3oc4ncc(-c5cccc(-n6c7ccccc7c7ccccc76)c5)nc4c3c2)cc(-n2c3ccccc3c3ccccc32)c1. The van der Waals surface area contributed by atoms with Gasteiger partial charge in [-0.1, -0.05) is 103 Å². The van der Waals surface area contributed by atoms with Gasteiger partial charge < -0.3 is 13.6 Å². The van der Waals surface area contributed by atoms with E-state index in [9.17, 15) is 0 Å². The molecule has 0 bridgehead atoms. The van der Waals surface area contributed by atoms with Crippen molar-refractivity contribution in [1.29, 1.82) is 0 Å². The zero-order chi connectivity index (χ0) is 33.5. The van der Waals surface area contributed by atoms with Crippen LogP contribution in [-0.4, -0.2) is 19.1 Å². The van der Waals surface area contributed by atoms with Gasteiger partial charge >= 0.3 is 0 Å². The highest BCUT2D eigenvalue weighted by Gasteiger charge is 2.16. The van der Waals surface area contributed by atoms with Crippen LogP contribution in [-0.2, 0) is 0 Å². The first-order valence-electron chi connectivity index (χ1n) is 17.2. The number of aromatic nitrogens is 4. The van der Waals surface area contributed by atoms with Crippen molar-refractivity contribution < 1.29 is 4.42 Å². The molecule has 51 heavy (non-hydrogen) atoms. The van der Waals surface area contributed by atoms with E-state index in [-0.39, 0.29) is 0 Å². The van der Waals surface area contributed by atoms with Crippen molar-refractivity contribution in [2.24, 2.45) is 0 Å². The molecular weight excluding hydrogens is 625 g/mol. The number of para-hydroxylation sites is 4. The Bertz CT molecular complexity index is 2840. The maximum absolute atomic E-state index is 6.21. The third-order valence-electron chi connectivity index (χ3n) is 10.2. The molecule has 0 N–H and O–H groups in total. The minimum Gasteiger partial charge on any atom is -0.436 e. The number of hydrogen-bond donors (Lipinski definition) is 0. The van der Waals surface area contributed by atoms with Crippen molar-refractivity contribution in [1.82, 2.24) is 19.1 Å². The van der Waals surface area contributed by atoms with Crippen LogP contribution in [0.2, 0.25) is 0 Å². The standard InChI is InChI=1S/C46H28N4O/c1-5-19-40-34(15-1)35-16-2-6-20-41(35)49(40)32-13-9-11-29(25-32)30-23-24-44-38(27-30)45-46(51-44)47-28-39(48-45)31-12-10-14-33(26-31)50-42-21-7-3-17-36(42)37-18-4-8-22-43(37)50/h1-28H. The van der Waals surface area contributed by atoms with Gasteiger partial charge in [0.1, 0.15) is 11.1 Å². The molecule has 7 aromatic carbocycles. The summed E-state index contributed by atoms with van der Waals surface area (Å²) in [5.74, 6) is 0. The highest BCUT2D eigenvalue weighted by molar-refractivity contribution is 6.10. The Hall–Kier alpha value is -6.98. The third-order valence-corrected chi connectivity index (χ3v) is 10.2. The number of benzene rings is 7. The minimum absolute atomic E-state index is 0.531. The van der Waals surface area contributed by atoms with E-state index in [1.165, 1.54) is 43.6 Å². The predicted molar refractivity (Wildman–Crippen MR) is 209 cm³/mol. The number of fused-ring (bicyclic) bond motifs is 9. The lowest BCUT2D eigenvalue weighted by Gasteiger charge is -2.10. The molecule has 0 saturated carbocycles. The zero-order valence-electron chi connectivity index (χ0n) is 27.4. The number of hydrogen-bond acceptors (Lipinski definition) is 3. The molecule has 0 amide bonds. The van der Waals surface area contributed by atoms with Crippen molar-refractivity contribution >= 4 is 65.8 Å². The second kappa shape index (κ2) is 10.8. The Morgan fingerprint density at radius 2 is 0.902 bits per heavy atom. The van der Waals surface area contributed by atoms with Gasteiger partial charge in [0.05, 0.1) is 34.0 Å². The summed E-state index contributed by atoms with van der Waals surface area (Å²) >= 11 is 0. The molecule has 0 saturated heterocycles. The lowest BCUT2D eigenvalue weighted by molar-refractivity contribution is 0.653. The lowest BCUT2D eigenvalue weighted by Crippen LogP contribution is -1.95. The van der Waals surface area contributed by atoms with Gasteiger partial charge in [0.25, 0.3) is 0 Å². The molecular formula is C46H28N4O. The van der Waals surface area contributed by atoms with E-state index >= 15 is 0 Å². The first kappa shape index (κ1) is 27.9. The normalized spacial score (nSPS) is 11.9. The van der Waals surface area contributed by atoms with Gasteiger partial charge in [0, 0.05) is 43.9 Å². The maximum atomic E-state index is 6.21. The molecule has 11 rings (SSSR count). The number of rotatable bonds is 4. The highest BCUT2D eigenvalue weighted by Crippen LogP contribution is 2.37. The van der Waals surface area contributed by atoms with Gasteiger partial charge in [-0.25, -0.2) is 9.97 Å². The van der Waals surface area contributed by atoms with E-state index in [2.05, 4.69) is 167 Å². The topological polar surface area (TPSA) is 48.8 Å². The molecule has 0 aliphatic carbocycles. The van der Waals surface area contributed by atoms with Crippen molar-refractivity contribution in [2.75, 3.05) is 0 Å². The first-order valence-corrected chi connectivity index (χ1v) is 17.2. The summed E-state index contributed by atoms with van der Waals surface area (Å²) in [6.07, 6.45) is 1.81. The molecule has 5 heteroatoms. The fourth-order valence-corrected chi connectivity index (χ4v) is 7.89. The fourth-order valence-electron chi connectivity index (χ4n) is 7.89. The van der Waals surface area contributed by atoms with Crippen molar-refractivity contribution in [3.05, 3.63) is 170 Å². The molecule has 4 aromatic heterocycles. The maximum Gasteiger partial charge on any atom is 0.246 e. The van der Waals surface area contributed by atoms with E-state index < -0.39 is 0 Å². The smallest absolute Gasteiger partial charge is 0.246 e. The molecule has 238 valence electrons. The first-order chi connectivity index (χ1) is 25.3. The molecule has 11 aromatic rings. The predicted octanol–water partition coefficient (Wildman–Crippen LogP) is 11.9. The second-order valence-corrected chi connectivity index (χ2v) is 13.1. The van der Waals surface area contributed by atoms with Crippen LogP contribution in [0, 0.1) is 0 Å². The Labute approximate surface area is 292 Å². The van der Waals surface area contributed by atoms with Gasteiger partial charge in [0.15, 0.2) is 0 Å². The van der Waals surface area contributed by atoms with E-state index in [0.29, 0.717) is 5.71 Å². The van der Waals surface area contributed by atoms with Gasteiger partial charge in [0.2, 0.25) is 5.71 Å². The summed E-state index contributed by atoms with van der Waals surface area (Å²) in [4.78, 5) is 9.93. The molecule has 0 unspecified atom stereocenters. The van der Waals surface area contributed by atoms with Crippen LogP contribution in [0.25, 0.3) is 99.6 Å². The summed E-state index contributed by atoms with van der Waals surface area (Å²) in [6.45, 7) is 0. The average molecular weight is 653 g/mol. The lowest BCUT2D eigenvalue weighted by atomic mass is 10.0. The molecule has 4 heterocycles. The summed E-state index contributed by atoms with van der Waals surface area (Å²) in [5, 5.41) is 5.92. The monoisotopic (exact) mass is 652 g/mol. The van der Waals surface area contributed by atoms with E-state index in [0.717, 1.165) is 50.2 Å². The van der Waals surface area contributed by atoms with Gasteiger partial charge in [-0.15, -0.1) is 0 Å². The second-order valence-electron chi connectivity index (χ2n) is 13.1. The number of furan rings is 1. The van der Waals surface area contributed by atoms with Crippen LogP contribution in [0.5, 0.6) is 0 Å². The Balaban J connectivity index is 1.02. The largest absolute Gasteiger partial charge is 0.436 e. The summed E-state index contributed by atoms with van der Waals surface area (Å²) in [7, 11) is 0. The van der Waals surface area contributed by atoms with Gasteiger partial charge in [-0.3, -0.25) is 0 Å². The molecule has 0 aliphatic rings. The third kappa shape index (κ3) is 4.22. The van der Waals surface area contributed by atoms with Crippen LogP contribution in [0.1, 0.15) is 0 Å².